The van der Waals surface area contributed by atoms with E-state index in [0.717, 1.165) is 22.4 Å². The highest BCUT2D eigenvalue weighted by Crippen LogP contribution is 2.33. The Morgan fingerprint density at radius 3 is 2.48 bits per heavy atom. The van der Waals surface area contributed by atoms with Crippen molar-refractivity contribution < 1.29 is 4.92 Å². The summed E-state index contributed by atoms with van der Waals surface area (Å²) in [6, 6.07) is 6.37. The van der Waals surface area contributed by atoms with Crippen LogP contribution in [0.2, 0.25) is 0 Å². The van der Waals surface area contributed by atoms with Gasteiger partial charge in [0.25, 0.3) is 5.69 Å². The maximum Gasteiger partial charge on any atom is 0.270 e. The zero-order valence-electron chi connectivity index (χ0n) is 14.2. The van der Waals surface area contributed by atoms with Gasteiger partial charge in [-0.05, 0) is 47.8 Å². The van der Waals surface area contributed by atoms with Crippen LogP contribution in [0, 0.1) is 30.9 Å². The number of hydrogen-bond acceptors (Lipinski definition) is 5. The van der Waals surface area contributed by atoms with Crippen molar-refractivity contribution in [2.24, 2.45) is 7.05 Å². The standard InChI is InChI=1S/C17H16BrN5O2/c1-9-10(2)14(15(18)19-11(9)3)17-21-20-16(22(17)4)12-6-5-7-13(8-12)23(24)25/h5-8H,1-4H3. The summed E-state index contributed by atoms with van der Waals surface area (Å²) >= 11 is 3.52. The smallest absolute Gasteiger partial charge is 0.270 e. The summed E-state index contributed by atoms with van der Waals surface area (Å²) < 4.78 is 2.52. The van der Waals surface area contributed by atoms with Crippen molar-refractivity contribution >= 4 is 21.6 Å². The molecule has 1 aromatic carbocycles. The molecule has 7 nitrogen and oxygen atoms in total. The highest BCUT2D eigenvalue weighted by atomic mass is 79.9. The van der Waals surface area contributed by atoms with Gasteiger partial charge in [-0.3, -0.25) is 10.1 Å². The Bertz CT molecular complexity index is 997. The number of non-ortho nitro benzene ring substituents is 1. The number of nitrogens with zero attached hydrogens (tertiary/aromatic N) is 5. The first-order valence-corrected chi connectivity index (χ1v) is 8.38. The number of halogens is 1. The normalized spacial score (nSPS) is 10.9. The van der Waals surface area contributed by atoms with Crippen LogP contribution >= 0.6 is 15.9 Å². The van der Waals surface area contributed by atoms with Crippen molar-refractivity contribution in [1.82, 2.24) is 19.7 Å². The minimum absolute atomic E-state index is 0.0206. The second kappa shape index (κ2) is 6.36. The van der Waals surface area contributed by atoms with Gasteiger partial charge in [0.05, 0.1) is 10.5 Å². The predicted octanol–water partition coefficient (Wildman–Crippen LogP) is 4.14. The van der Waals surface area contributed by atoms with Crippen molar-refractivity contribution in [2.75, 3.05) is 0 Å². The van der Waals surface area contributed by atoms with Gasteiger partial charge < -0.3 is 4.57 Å². The first-order valence-electron chi connectivity index (χ1n) is 7.59. The minimum atomic E-state index is -0.422. The fraction of sp³-hybridized carbons (Fsp3) is 0.235. The van der Waals surface area contributed by atoms with Gasteiger partial charge in [0.1, 0.15) is 4.60 Å². The second-order valence-corrected chi connectivity index (χ2v) is 6.58. The van der Waals surface area contributed by atoms with E-state index in [-0.39, 0.29) is 5.69 Å². The highest BCUT2D eigenvalue weighted by molar-refractivity contribution is 9.10. The topological polar surface area (TPSA) is 86.7 Å². The van der Waals surface area contributed by atoms with Crippen LogP contribution in [0.5, 0.6) is 0 Å². The van der Waals surface area contributed by atoms with E-state index in [1.165, 1.54) is 12.1 Å². The van der Waals surface area contributed by atoms with Gasteiger partial charge in [-0.15, -0.1) is 10.2 Å². The third-order valence-electron chi connectivity index (χ3n) is 4.37. The van der Waals surface area contributed by atoms with E-state index in [9.17, 15) is 10.1 Å². The molecule has 0 amide bonds. The zero-order valence-corrected chi connectivity index (χ0v) is 15.8. The SMILES string of the molecule is Cc1nc(Br)c(-c2nnc(-c3cccc([N+](=O)[O-])c3)n2C)c(C)c1C. The van der Waals surface area contributed by atoms with Gasteiger partial charge in [-0.2, -0.15) is 0 Å². The molecule has 0 aliphatic rings. The molecule has 0 unspecified atom stereocenters. The van der Waals surface area contributed by atoms with Crippen molar-refractivity contribution in [2.45, 2.75) is 20.8 Å². The third kappa shape index (κ3) is 2.93. The summed E-state index contributed by atoms with van der Waals surface area (Å²) in [6.45, 7) is 6.00. The third-order valence-corrected chi connectivity index (χ3v) is 4.94. The van der Waals surface area contributed by atoms with E-state index < -0.39 is 4.92 Å². The van der Waals surface area contributed by atoms with Crippen molar-refractivity contribution in [3.05, 3.63) is 55.8 Å². The molecule has 2 heterocycles. The van der Waals surface area contributed by atoms with Crippen LogP contribution < -0.4 is 0 Å². The fourth-order valence-electron chi connectivity index (χ4n) is 2.72. The van der Waals surface area contributed by atoms with Crippen LogP contribution in [0.15, 0.2) is 28.9 Å². The molecule has 128 valence electrons. The van der Waals surface area contributed by atoms with Gasteiger partial charge in [-0.25, -0.2) is 4.98 Å². The molecule has 25 heavy (non-hydrogen) atoms. The Balaban J connectivity index is 2.17. The number of rotatable bonds is 3. The lowest BCUT2D eigenvalue weighted by Gasteiger charge is -2.12. The minimum Gasteiger partial charge on any atom is -0.310 e. The molecule has 3 aromatic rings. The summed E-state index contributed by atoms with van der Waals surface area (Å²) in [4.78, 5) is 15.1. The van der Waals surface area contributed by atoms with Crippen LogP contribution in [0.4, 0.5) is 5.69 Å². The molecule has 8 heteroatoms. The van der Waals surface area contributed by atoms with Crippen LogP contribution in [-0.4, -0.2) is 24.7 Å². The molecule has 0 atom stereocenters. The molecule has 0 N–H and O–H groups in total. The molecule has 0 aliphatic heterocycles. The lowest BCUT2D eigenvalue weighted by atomic mass is 10.0. The van der Waals surface area contributed by atoms with Gasteiger partial charge in [0, 0.05) is 30.4 Å². The number of nitro groups is 1. The van der Waals surface area contributed by atoms with Crippen LogP contribution in [0.25, 0.3) is 22.8 Å². The van der Waals surface area contributed by atoms with Crippen LogP contribution in [0.3, 0.4) is 0 Å². The molecule has 0 spiro atoms. The Hall–Kier alpha value is -2.61. The molecule has 0 fully saturated rings. The van der Waals surface area contributed by atoms with Crippen LogP contribution in [-0.2, 0) is 7.05 Å². The van der Waals surface area contributed by atoms with Crippen molar-refractivity contribution in [3.63, 3.8) is 0 Å². The van der Waals surface area contributed by atoms with Gasteiger partial charge in [0.2, 0.25) is 0 Å². The molecular weight excluding hydrogens is 386 g/mol. The summed E-state index contributed by atoms with van der Waals surface area (Å²) in [5.41, 5.74) is 4.65. The average molecular weight is 402 g/mol. The van der Waals surface area contributed by atoms with E-state index in [1.807, 2.05) is 32.4 Å². The lowest BCUT2D eigenvalue weighted by Crippen LogP contribution is -2.02. The average Bonchev–Trinajstić information content (AvgIpc) is 2.94. The van der Waals surface area contributed by atoms with E-state index in [1.54, 1.807) is 12.1 Å². The maximum absolute atomic E-state index is 11.0. The molecule has 3 rings (SSSR count). The highest BCUT2D eigenvalue weighted by Gasteiger charge is 2.20. The Labute approximate surface area is 153 Å². The fourth-order valence-corrected chi connectivity index (χ4v) is 3.46. The summed E-state index contributed by atoms with van der Waals surface area (Å²) in [6.07, 6.45) is 0. The van der Waals surface area contributed by atoms with Crippen LogP contribution in [0.1, 0.15) is 16.8 Å². The van der Waals surface area contributed by atoms with Gasteiger partial charge in [0.15, 0.2) is 11.6 Å². The van der Waals surface area contributed by atoms with E-state index >= 15 is 0 Å². The quantitative estimate of drug-likeness (QED) is 0.373. The number of nitro benzene ring substituents is 1. The Morgan fingerprint density at radius 1 is 1.12 bits per heavy atom. The predicted molar refractivity (Wildman–Crippen MR) is 98.2 cm³/mol. The number of hydrogen-bond donors (Lipinski definition) is 0. The maximum atomic E-state index is 11.0. The summed E-state index contributed by atoms with van der Waals surface area (Å²) in [7, 11) is 1.84. The first-order chi connectivity index (χ1) is 11.8. The molecule has 0 aliphatic carbocycles. The summed E-state index contributed by atoms with van der Waals surface area (Å²) in [5.74, 6) is 1.21. The second-order valence-electron chi connectivity index (χ2n) is 5.83. The van der Waals surface area contributed by atoms with Gasteiger partial charge in [-0.1, -0.05) is 12.1 Å². The largest absolute Gasteiger partial charge is 0.310 e. The number of pyridine rings is 1. The number of benzene rings is 1. The molecular formula is C17H16BrN5O2. The molecule has 0 radical (unpaired) electrons. The zero-order chi connectivity index (χ0) is 18.3. The summed E-state index contributed by atoms with van der Waals surface area (Å²) in [5, 5.41) is 19.5. The van der Waals surface area contributed by atoms with E-state index in [2.05, 4.69) is 31.1 Å². The first kappa shape index (κ1) is 17.2. The van der Waals surface area contributed by atoms with E-state index in [4.69, 9.17) is 0 Å². The van der Waals surface area contributed by atoms with Crippen molar-refractivity contribution in [3.8, 4) is 22.8 Å². The Kier molecular flexibility index (Phi) is 4.38. The molecule has 0 bridgehead atoms. The monoisotopic (exact) mass is 401 g/mol. The Morgan fingerprint density at radius 2 is 1.80 bits per heavy atom. The lowest BCUT2D eigenvalue weighted by molar-refractivity contribution is -0.384. The number of aromatic nitrogens is 4. The molecule has 0 saturated heterocycles. The van der Waals surface area contributed by atoms with E-state index in [0.29, 0.717) is 21.8 Å². The van der Waals surface area contributed by atoms with Gasteiger partial charge >= 0.3 is 0 Å². The van der Waals surface area contributed by atoms with Crippen molar-refractivity contribution in [1.29, 1.82) is 0 Å². The molecule has 0 saturated carbocycles. The number of aryl methyl sites for hydroxylation is 1. The molecule has 2 aromatic heterocycles.